The highest BCUT2D eigenvalue weighted by atomic mass is 16.5. The van der Waals surface area contributed by atoms with Gasteiger partial charge < -0.3 is 9.47 Å². The summed E-state index contributed by atoms with van der Waals surface area (Å²) in [6.07, 6.45) is 1.17. The number of allylic oxidation sites excluding steroid dienone is 4. The van der Waals surface area contributed by atoms with Crippen LogP contribution in [0.4, 0.5) is 0 Å². The summed E-state index contributed by atoms with van der Waals surface area (Å²) in [4.78, 5) is 51.9. The van der Waals surface area contributed by atoms with E-state index in [1.54, 1.807) is 0 Å². The smallest absolute Gasteiger partial charge is 0.311 e. The molecule has 0 fully saturated rings. The van der Waals surface area contributed by atoms with Crippen LogP contribution in [-0.2, 0) is 28.7 Å². The molecule has 2 aromatic rings. The van der Waals surface area contributed by atoms with Crippen LogP contribution in [0.5, 0.6) is 0 Å². The van der Waals surface area contributed by atoms with E-state index in [0.717, 1.165) is 11.1 Å². The van der Waals surface area contributed by atoms with Crippen molar-refractivity contribution in [2.45, 2.75) is 80.1 Å². The Kier molecular flexibility index (Phi) is 8.29. The highest BCUT2D eigenvalue weighted by Crippen LogP contribution is 2.42. The van der Waals surface area contributed by atoms with Crippen molar-refractivity contribution in [2.75, 3.05) is 0 Å². The zero-order valence-corrected chi connectivity index (χ0v) is 24.3. The van der Waals surface area contributed by atoms with Gasteiger partial charge >= 0.3 is 11.9 Å². The number of carbonyl (C=O) groups excluding carboxylic acids is 4. The fourth-order valence-electron chi connectivity index (χ4n) is 5.37. The number of ketones is 2. The maximum Gasteiger partial charge on any atom is 0.311 e. The molecule has 6 nitrogen and oxygen atoms in total. The summed E-state index contributed by atoms with van der Waals surface area (Å²) in [5.74, 6) is -0.658. The molecule has 0 bridgehead atoms. The van der Waals surface area contributed by atoms with Crippen LogP contribution < -0.4 is 0 Å². The molecule has 2 aromatic carbocycles. The van der Waals surface area contributed by atoms with Gasteiger partial charge in [0.25, 0.3) is 0 Å². The molecule has 4 rings (SSSR count). The van der Waals surface area contributed by atoms with Crippen LogP contribution in [0.25, 0.3) is 11.1 Å². The molecule has 0 heterocycles. The van der Waals surface area contributed by atoms with Gasteiger partial charge in [-0.05, 0) is 35.8 Å². The molecule has 0 aromatic heterocycles. The summed E-state index contributed by atoms with van der Waals surface area (Å²) < 4.78 is 11.5. The van der Waals surface area contributed by atoms with E-state index in [1.165, 1.54) is 0 Å². The molecule has 0 saturated heterocycles. The third kappa shape index (κ3) is 7.04. The van der Waals surface area contributed by atoms with E-state index in [2.05, 4.69) is 0 Å². The predicted octanol–water partition coefficient (Wildman–Crippen LogP) is 7.07. The van der Waals surface area contributed by atoms with E-state index >= 15 is 0 Å². The number of carbonyl (C=O) groups is 4. The number of benzene rings is 2. The van der Waals surface area contributed by atoms with E-state index in [4.69, 9.17) is 9.47 Å². The lowest BCUT2D eigenvalue weighted by atomic mass is 9.75. The van der Waals surface area contributed by atoms with Crippen molar-refractivity contribution in [3.63, 3.8) is 0 Å². The Morgan fingerprint density at radius 1 is 0.600 bits per heavy atom. The van der Waals surface area contributed by atoms with Crippen LogP contribution in [0.2, 0.25) is 0 Å². The number of hydrogen-bond donors (Lipinski definition) is 0. The standard InChI is InChI=1S/C34H38O6/c1-21-7-11-23(12-8-21)31-25(35)17-33(3,4)19-27(31)39-29(37)15-16-30(38)40-28-20-34(5,6)18-26(36)32(28)24-13-9-22(2)10-14-24/h7-14H,15-20H2,1-6H3. The maximum absolute atomic E-state index is 13.1. The summed E-state index contributed by atoms with van der Waals surface area (Å²) in [7, 11) is 0. The highest BCUT2D eigenvalue weighted by Gasteiger charge is 2.37. The lowest BCUT2D eigenvalue weighted by Gasteiger charge is -2.32. The topological polar surface area (TPSA) is 86.7 Å². The third-order valence-corrected chi connectivity index (χ3v) is 7.36. The van der Waals surface area contributed by atoms with Gasteiger partial charge in [-0.3, -0.25) is 19.2 Å². The van der Waals surface area contributed by atoms with Gasteiger partial charge in [0.15, 0.2) is 11.6 Å². The van der Waals surface area contributed by atoms with Crippen LogP contribution in [0, 0.1) is 24.7 Å². The molecule has 40 heavy (non-hydrogen) atoms. The zero-order chi connectivity index (χ0) is 29.2. The van der Waals surface area contributed by atoms with Gasteiger partial charge in [-0.1, -0.05) is 87.4 Å². The Morgan fingerprint density at radius 3 is 1.25 bits per heavy atom. The summed E-state index contributed by atoms with van der Waals surface area (Å²) in [5, 5.41) is 0. The Labute approximate surface area is 236 Å². The SMILES string of the molecule is Cc1ccc(C2=C(OC(=O)CCC(=O)OC3=C(c4ccc(C)cc4)C(=O)CC(C)(C)C3)CC(C)(C)CC2=O)cc1. The Bertz CT molecular complexity index is 1290. The highest BCUT2D eigenvalue weighted by molar-refractivity contribution is 6.23. The van der Waals surface area contributed by atoms with Crippen molar-refractivity contribution in [3.05, 3.63) is 82.3 Å². The third-order valence-electron chi connectivity index (χ3n) is 7.36. The van der Waals surface area contributed by atoms with E-state index < -0.39 is 11.9 Å². The molecular weight excluding hydrogens is 504 g/mol. The second kappa shape index (κ2) is 11.4. The molecule has 0 amide bonds. The first kappa shape index (κ1) is 29.2. The molecule has 0 radical (unpaired) electrons. The van der Waals surface area contributed by atoms with Gasteiger partial charge in [-0.15, -0.1) is 0 Å². The van der Waals surface area contributed by atoms with Crippen LogP contribution in [0.15, 0.2) is 60.0 Å². The summed E-state index contributed by atoms with van der Waals surface area (Å²) in [5.41, 5.74) is 3.71. The molecule has 2 aliphatic carbocycles. The van der Waals surface area contributed by atoms with Gasteiger partial charge in [0, 0.05) is 25.7 Å². The molecule has 0 saturated carbocycles. The van der Waals surface area contributed by atoms with Crippen LogP contribution in [0.1, 0.15) is 88.5 Å². The van der Waals surface area contributed by atoms with Gasteiger partial charge in [0.2, 0.25) is 0 Å². The zero-order valence-electron chi connectivity index (χ0n) is 24.3. The Morgan fingerprint density at radius 2 is 0.925 bits per heavy atom. The minimum absolute atomic E-state index is 0.0672. The number of hydrogen-bond acceptors (Lipinski definition) is 6. The molecule has 2 aliphatic rings. The van der Waals surface area contributed by atoms with Crippen LogP contribution >= 0.6 is 0 Å². The lowest BCUT2D eigenvalue weighted by Crippen LogP contribution is -2.28. The second-order valence-corrected chi connectivity index (χ2v) is 12.7. The van der Waals surface area contributed by atoms with E-state index in [0.29, 0.717) is 59.5 Å². The molecule has 210 valence electrons. The molecule has 0 unspecified atom stereocenters. The summed E-state index contributed by atoms with van der Waals surface area (Å²) in [6.45, 7) is 11.8. The number of ether oxygens (including phenoxy) is 2. The minimum atomic E-state index is -0.602. The van der Waals surface area contributed by atoms with Crippen LogP contribution in [0.3, 0.4) is 0 Å². The van der Waals surface area contributed by atoms with Crippen molar-refractivity contribution >= 4 is 34.7 Å². The lowest BCUT2D eigenvalue weighted by molar-refractivity contribution is -0.147. The average molecular weight is 543 g/mol. The monoisotopic (exact) mass is 542 g/mol. The van der Waals surface area contributed by atoms with Gasteiger partial charge in [0.1, 0.15) is 11.5 Å². The van der Waals surface area contributed by atoms with Gasteiger partial charge in [-0.2, -0.15) is 0 Å². The summed E-state index contributed by atoms with van der Waals surface area (Å²) >= 11 is 0. The van der Waals surface area contributed by atoms with Gasteiger partial charge in [0.05, 0.1) is 24.0 Å². The summed E-state index contributed by atoms with van der Waals surface area (Å²) in [6, 6.07) is 15.1. The molecular formula is C34H38O6. The Hall–Kier alpha value is -3.80. The van der Waals surface area contributed by atoms with E-state index in [9.17, 15) is 19.2 Å². The molecule has 0 atom stereocenters. The normalized spacial score (nSPS) is 18.6. The van der Waals surface area contributed by atoms with Crippen LogP contribution in [-0.4, -0.2) is 23.5 Å². The second-order valence-electron chi connectivity index (χ2n) is 12.7. The van der Waals surface area contributed by atoms with Crippen molar-refractivity contribution in [1.82, 2.24) is 0 Å². The first-order chi connectivity index (χ1) is 18.7. The fraction of sp³-hybridized carbons (Fsp3) is 0.412. The van der Waals surface area contributed by atoms with Crippen molar-refractivity contribution in [3.8, 4) is 0 Å². The van der Waals surface area contributed by atoms with E-state index in [1.807, 2.05) is 90.1 Å². The molecule has 0 N–H and O–H groups in total. The molecule has 0 aliphatic heterocycles. The predicted molar refractivity (Wildman–Crippen MR) is 154 cm³/mol. The number of esters is 2. The largest absolute Gasteiger partial charge is 0.430 e. The Balaban J connectivity index is 1.49. The minimum Gasteiger partial charge on any atom is -0.430 e. The molecule has 6 heteroatoms. The van der Waals surface area contributed by atoms with Gasteiger partial charge in [-0.25, -0.2) is 0 Å². The number of rotatable bonds is 7. The first-order valence-corrected chi connectivity index (χ1v) is 13.8. The number of Topliss-reactive ketones (excluding diaryl/α,β-unsaturated/α-hetero) is 2. The fourth-order valence-corrected chi connectivity index (χ4v) is 5.37. The first-order valence-electron chi connectivity index (χ1n) is 13.8. The maximum atomic E-state index is 13.1. The van der Waals surface area contributed by atoms with Crippen molar-refractivity contribution < 1.29 is 28.7 Å². The van der Waals surface area contributed by atoms with E-state index in [-0.39, 0.29) is 35.2 Å². The van der Waals surface area contributed by atoms with Crippen molar-refractivity contribution in [1.29, 1.82) is 0 Å². The number of aryl methyl sites for hydroxylation is 2. The van der Waals surface area contributed by atoms with Crippen molar-refractivity contribution in [2.24, 2.45) is 10.8 Å². The quantitative estimate of drug-likeness (QED) is 0.348. The molecule has 0 spiro atoms. The average Bonchev–Trinajstić information content (AvgIpc) is 2.83.